The maximum atomic E-state index is 13.5. The van der Waals surface area contributed by atoms with Crippen LogP contribution in [-0.4, -0.2) is 23.5 Å². The van der Waals surface area contributed by atoms with E-state index in [-0.39, 0.29) is 18.0 Å². The van der Waals surface area contributed by atoms with Crippen LogP contribution in [0.15, 0.2) is 48.5 Å². The predicted molar refractivity (Wildman–Crippen MR) is 84.4 cm³/mol. The first-order valence-electron chi connectivity index (χ1n) is 7.05. The monoisotopic (exact) mass is 316 g/mol. The van der Waals surface area contributed by atoms with Crippen molar-refractivity contribution in [2.75, 3.05) is 11.9 Å². The molecule has 1 atom stereocenters. The van der Waals surface area contributed by atoms with Gasteiger partial charge < -0.3 is 15.7 Å². The van der Waals surface area contributed by atoms with Gasteiger partial charge in [0.15, 0.2) is 0 Å². The highest BCUT2D eigenvalue weighted by Gasteiger charge is 2.14. The average molecular weight is 316 g/mol. The Morgan fingerprint density at radius 1 is 1.13 bits per heavy atom. The lowest BCUT2D eigenvalue weighted by Gasteiger charge is -2.13. The molecular formula is C17H17FN2O3. The molecule has 0 radical (unpaired) electrons. The third-order valence-corrected chi connectivity index (χ3v) is 3.19. The maximum absolute atomic E-state index is 13.5. The molecule has 0 aromatic heterocycles. The number of halogens is 1. The van der Waals surface area contributed by atoms with Gasteiger partial charge in [-0.3, -0.25) is 9.59 Å². The topological polar surface area (TPSA) is 78.4 Å². The van der Waals surface area contributed by atoms with Gasteiger partial charge in [-0.05, 0) is 30.3 Å². The summed E-state index contributed by atoms with van der Waals surface area (Å²) in [6.45, 7) is 1.29. The fourth-order valence-corrected chi connectivity index (χ4v) is 2.05. The number of benzene rings is 2. The van der Waals surface area contributed by atoms with Crippen molar-refractivity contribution in [3.05, 3.63) is 65.5 Å². The summed E-state index contributed by atoms with van der Waals surface area (Å²) in [6, 6.07) is 12.2. The first kappa shape index (κ1) is 16.6. The maximum Gasteiger partial charge on any atom is 0.251 e. The second kappa shape index (κ2) is 7.51. The minimum atomic E-state index is -1.13. The Labute approximate surface area is 133 Å². The van der Waals surface area contributed by atoms with Crippen molar-refractivity contribution in [1.29, 1.82) is 0 Å². The zero-order valence-corrected chi connectivity index (χ0v) is 12.5. The highest BCUT2D eigenvalue weighted by Crippen LogP contribution is 2.16. The normalized spacial score (nSPS) is 11.6. The van der Waals surface area contributed by atoms with Crippen molar-refractivity contribution < 1.29 is 19.1 Å². The summed E-state index contributed by atoms with van der Waals surface area (Å²) < 4.78 is 13.5. The van der Waals surface area contributed by atoms with Crippen LogP contribution >= 0.6 is 0 Å². The van der Waals surface area contributed by atoms with Crippen LogP contribution in [0.5, 0.6) is 0 Å². The van der Waals surface area contributed by atoms with E-state index < -0.39 is 17.8 Å². The standard InChI is InChI=1S/C17H17FN2O3/c1-11(21)20-13-8-6-12(7-9-13)17(23)19-10-16(22)14-4-2-3-5-15(14)18/h2-9,16,22H,10H2,1H3,(H,19,23)(H,20,21). The number of anilines is 1. The fraction of sp³-hybridized carbons (Fsp3) is 0.176. The lowest BCUT2D eigenvalue weighted by atomic mass is 10.1. The molecular weight excluding hydrogens is 299 g/mol. The number of carbonyl (C=O) groups is 2. The Morgan fingerprint density at radius 2 is 1.78 bits per heavy atom. The summed E-state index contributed by atoms with van der Waals surface area (Å²) in [5.74, 6) is -1.11. The lowest BCUT2D eigenvalue weighted by Crippen LogP contribution is -2.28. The Balaban J connectivity index is 1.94. The van der Waals surface area contributed by atoms with Crippen molar-refractivity contribution in [2.24, 2.45) is 0 Å². The van der Waals surface area contributed by atoms with E-state index in [1.54, 1.807) is 30.3 Å². The Kier molecular flexibility index (Phi) is 5.43. The van der Waals surface area contributed by atoms with Crippen LogP contribution in [0.25, 0.3) is 0 Å². The number of nitrogens with one attached hydrogen (secondary N) is 2. The number of aliphatic hydroxyl groups excluding tert-OH is 1. The molecule has 0 saturated heterocycles. The average Bonchev–Trinajstić information content (AvgIpc) is 2.53. The molecule has 2 aromatic carbocycles. The molecule has 5 nitrogen and oxygen atoms in total. The number of aliphatic hydroxyl groups is 1. The van der Waals surface area contributed by atoms with Crippen molar-refractivity contribution in [1.82, 2.24) is 5.32 Å². The van der Waals surface area contributed by atoms with Gasteiger partial charge in [-0.15, -0.1) is 0 Å². The van der Waals surface area contributed by atoms with E-state index in [9.17, 15) is 19.1 Å². The molecule has 0 fully saturated rings. The molecule has 0 heterocycles. The Bertz CT molecular complexity index is 701. The molecule has 3 N–H and O–H groups in total. The number of hydrogen-bond donors (Lipinski definition) is 3. The van der Waals surface area contributed by atoms with Crippen molar-refractivity contribution in [3.8, 4) is 0 Å². The van der Waals surface area contributed by atoms with E-state index in [0.29, 0.717) is 11.3 Å². The molecule has 2 amide bonds. The van der Waals surface area contributed by atoms with Crippen molar-refractivity contribution >= 4 is 17.5 Å². The molecule has 120 valence electrons. The van der Waals surface area contributed by atoms with E-state index >= 15 is 0 Å². The third kappa shape index (κ3) is 4.62. The highest BCUT2D eigenvalue weighted by molar-refractivity contribution is 5.95. The van der Waals surface area contributed by atoms with Gasteiger partial charge in [-0.2, -0.15) is 0 Å². The van der Waals surface area contributed by atoms with Gasteiger partial charge in [0.2, 0.25) is 5.91 Å². The molecule has 0 spiro atoms. The molecule has 2 aromatic rings. The summed E-state index contributed by atoms with van der Waals surface area (Å²) in [5, 5.41) is 15.1. The Morgan fingerprint density at radius 3 is 2.39 bits per heavy atom. The first-order valence-corrected chi connectivity index (χ1v) is 7.05. The molecule has 0 aliphatic rings. The molecule has 0 aliphatic heterocycles. The van der Waals surface area contributed by atoms with Crippen LogP contribution in [0.4, 0.5) is 10.1 Å². The largest absolute Gasteiger partial charge is 0.386 e. The van der Waals surface area contributed by atoms with Crippen LogP contribution in [0.3, 0.4) is 0 Å². The summed E-state index contributed by atoms with van der Waals surface area (Å²) in [4.78, 5) is 22.9. The zero-order chi connectivity index (χ0) is 16.8. The van der Waals surface area contributed by atoms with E-state index in [0.717, 1.165) is 0 Å². The van der Waals surface area contributed by atoms with Crippen molar-refractivity contribution in [2.45, 2.75) is 13.0 Å². The van der Waals surface area contributed by atoms with Crippen LogP contribution in [0.2, 0.25) is 0 Å². The van der Waals surface area contributed by atoms with Gasteiger partial charge in [0.25, 0.3) is 5.91 Å². The SMILES string of the molecule is CC(=O)Nc1ccc(C(=O)NCC(O)c2ccccc2F)cc1. The molecule has 6 heteroatoms. The van der Waals surface area contributed by atoms with Crippen LogP contribution in [0.1, 0.15) is 28.9 Å². The highest BCUT2D eigenvalue weighted by atomic mass is 19.1. The van der Waals surface area contributed by atoms with Gasteiger partial charge in [0.05, 0.1) is 6.10 Å². The number of carbonyl (C=O) groups excluding carboxylic acids is 2. The smallest absolute Gasteiger partial charge is 0.251 e. The summed E-state index contributed by atoms with van der Waals surface area (Å²) >= 11 is 0. The second-order valence-electron chi connectivity index (χ2n) is 5.01. The fourth-order valence-electron chi connectivity index (χ4n) is 2.05. The minimum Gasteiger partial charge on any atom is -0.386 e. The third-order valence-electron chi connectivity index (χ3n) is 3.19. The molecule has 0 bridgehead atoms. The number of hydrogen-bond acceptors (Lipinski definition) is 3. The van der Waals surface area contributed by atoms with Gasteiger partial charge >= 0.3 is 0 Å². The van der Waals surface area contributed by atoms with Crippen LogP contribution < -0.4 is 10.6 Å². The van der Waals surface area contributed by atoms with Gasteiger partial charge in [0, 0.05) is 30.3 Å². The zero-order valence-electron chi connectivity index (χ0n) is 12.5. The second-order valence-corrected chi connectivity index (χ2v) is 5.01. The van der Waals surface area contributed by atoms with E-state index in [4.69, 9.17) is 0 Å². The first-order chi connectivity index (χ1) is 11.0. The number of rotatable bonds is 5. The van der Waals surface area contributed by atoms with Gasteiger partial charge in [-0.1, -0.05) is 18.2 Å². The van der Waals surface area contributed by atoms with Crippen LogP contribution in [0, 0.1) is 5.82 Å². The van der Waals surface area contributed by atoms with E-state index in [2.05, 4.69) is 10.6 Å². The summed E-state index contributed by atoms with van der Waals surface area (Å²) in [5.41, 5.74) is 1.09. The molecule has 0 aliphatic carbocycles. The molecule has 0 saturated carbocycles. The minimum absolute atomic E-state index is 0.104. The lowest BCUT2D eigenvalue weighted by molar-refractivity contribution is -0.114. The quantitative estimate of drug-likeness (QED) is 0.791. The molecule has 1 unspecified atom stereocenters. The summed E-state index contributed by atoms with van der Waals surface area (Å²) in [7, 11) is 0. The number of amides is 2. The van der Waals surface area contributed by atoms with Crippen molar-refractivity contribution in [3.63, 3.8) is 0 Å². The Hall–Kier alpha value is -2.73. The van der Waals surface area contributed by atoms with Gasteiger partial charge in [-0.25, -0.2) is 4.39 Å². The molecule has 2 rings (SSSR count). The summed E-state index contributed by atoms with van der Waals surface area (Å²) in [6.07, 6.45) is -1.13. The van der Waals surface area contributed by atoms with E-state index in [1.807, 2.05) is 0 Å². The predicted octanol–water partition coefficient (Wildman–Crippen LogP) is 2.25. The van der Waals surface area contributed by atoms with E-state index in [1.165, 1.54) is 25.1 Å². The molecule has 23 heavy (non-hydrogen) atoms. The van der Waals surface area contributed by atoms with Gasteiger partial charge in [0.1, 0.15) is 5.82 Å². The van der Waals surface area contributed by atoms with Crippen LogP contribution in [-0.2, 0) is 4.79 Å².